The number of nitrogens with zero attached hydrogens (tertiary/aromatic N) is 1. The Kier molecular flexibility index (Phi) is 5.50. The van der Waals surface area contributed by atoms with Gasteiger partial charge in [0.25, 0.3) is 5.91 Å². The van der Waals surface area contributed by atoms with Gasteiger partial charge in [-0.25, -0.2) is 4.90 Å². The zero-order chi connectivity index (χ0) is 22.1. The molecule has 0 spiro atoms. The van der Waals surface area contributed by atoms with Gasteiger partial charge in [-0.1, -0.05) is 23.8 Å². The molecule has 0 bridgehead atoms. The van der Waals surface area contributed by atoms with Crippen molar-refractivity contribution in [3.63, 3.8) is 0 Å². The summed E-state index contributed by atoms with van der Waals surface area (Å²) < 4.78 is 10.5. The number of ether oxygens (including phenoxy) is 2. The maximum absolute atomic E-state index is 13.1. The number of carbonyl (C=O) groups excluding carboxylic acids is 3. The summed E-state index contributed by atoms with van der Waals surface area (Å²) in [5.74, 6) is -0.603. The molecule has 0 radical (unpaired) electrons. The van der Waals surface area contributed by atoms with Crippen molar-refractivity contribution in [3.05, 3.63) is 59.7 Å². The lowest BCUT2D eigenvalue weighted by Crippen LogP contribution is -2.33. The van der Waals surface area contributed by atoms with Crippen LogP contribution in [0.1, 0.15) is 30.1 Å². The minimum atomic E-state index is -0.435. The second kappa shape index (κ2) is 8.26. The summed E-state index contributed by atoms with van der Waals surface area (Å²) in [6.45, 7) is 1.97. The Morgan fingerprint density at radius 3 is 2.32 bits per heavy atom. The van der Waals surface area contributed by atoms with E-state index in [0.717, 1.165) is 5.57 Å². The van der Waals surface area contributed by atoms with E-state index in [1.54, 1.807) is 42.5 Å². The van der Waals surface area contributed by atoms with Crippen molar-refractivity contribution in [3.8, 4) is 11.5 Å². The minimum absolute atomic E-state index is 0.245. The lowest BCUT2D eigenvalue weighted by molar-refractivity contribution is -0.122. The first-order valence-electron chi connectivity index (χ1n) is 10.1. The molecule has 160 valence electrons. The number of hydrogen-bond acceptors (Lipinski definition) is 5. The molecular formula is C24H24N2O5. The van der Waals surface area contributed by atoms with Crippen LogP contribution in [0.3, 0.4) is 0 Å². The molecule has 0 unspecified atom stereocenters. The number of hydrogen-bond donors (Lipinski definition) is 1. The molecule has 1 heterocycles. The van der Waals surface area contributed by atoms with Crippen LogP contribution in [0.4, 0.5) is 11.4 Å². The molecule has 31 heavy (non-hydrogen) atoms. The van der Waals surface area contributed by atoms with Gasteiger partial charge in [-0.3, -0.25) is 14.4 Å². The van der Waals surface area contributed by atoms with E-state index in [9.17, 15) is 14.4 Å². The molecule has 1 N–H and O–H groups in total. The smallest absolute Gasteiger partial charge is 0.257 e. The fourth-order valence-electron chi connectivity index (χ4n) is 4.21. The maximum Gasteiger partial charge on any atom is 0.257 e. The quantitative estimate of drug-likeness (QED) is 0.587. The van der Waals surface area contributed by atoms with Crippen molar-refractivity contribution in [2.45, 2.75) is 19.8 Å². The number of carbonyl (C=O) groups is 3. The number of imide groups is 1. The summed E-state index contributed by atoms with van der Waals surface area (Å²) in [4.78, 5) is 40.5. The molecule has 2 aromatic rings. The average molecular weight is 420 g/mol. The summed E-state index contributed by atoms with van der Waals surface area (Å²) >= 11 is 0. The fraction of sp³-hybridized carbons (Fsp3) is 0.292. The van der Waals surface area contributed by atoms with Crippen LogP contribution < -0.4 is 19.7 Å². The third-order valence-electron chi connectivity index (χ3n) is 5.82. The average Bonchev–Trinajstić information content (AvgIpc) is 3.02. The van der Waals surface area contributed by atoms with Crippen LogP contribution in [0.5, 0.6) is 11.5 Å². The van der Waals surface area contributed by atoms with E-state index in [-0.39, 0.29) is 29.2 Å². The highest BCUT2D eigenvalue weighted by molar-refractivity contribution is 6.25. The predicted molar refractivity (Wildman–Crippen MR) is 116 cm³/mol. The van der Waals surface area contributed by atoms with E-state index in [1.807, 2.05) is 13.0 Å². The van der Waals surface area contributed by atoms with Crippen molar-refractivity contribution < 1.29 is 23.9 Å². The molecule has 2 aliphatic rings. The third-order valence-corrected chi connectivity index (χ3v) is 5.82. The van der Waals surface area contributed by atoms with Crippen molar-refractivity contribution >= 4 is 29.1 Å². The number of methoxy groups -OCH3 is 2. The molecule has 2 atom stereocenters. The molecule has 2 aromatic carbocycles. The molecule has 3 amide bonds. The number of allylic oxidation sites excluding steroid dienone is 2. The molecule has 7 heteroatoms. The first kappa shape index (κ1) is 20.7. The molecule has 1 saturated heterocycles. The highest BCUT2D eigenvalue weighted by Crippen LogP contribution is 2.40. The molecule has 0 aromatic heterocycles. The van der Waals surface area contributed by atoms with Crippen LogP contribution in [-0.2, 0) is 9.59 Å². The Morgan fingerprint density at radius 2 is 1.65 bits per heavy atom. The number of anilines is 2. The molecule has 1 aliphatic heterocycles. The van der Waals surface area contributed by atoms with Crippen LogP contribution in [0.2, 0.25) is 0 Å². The number of nitrogens with one attached hydrogen (secondary N) is 1. The van der Waals surface area contributed by atoms with Gasteiger partial charge in [0.05, 0.1) is 37.3 Å². The Morgan fingerprint density at radius 1 is 1.00 bits per heavy atom. The highest BCUT2D eigenvalue weighted by Gasteiger charge is 2.49. The standard InChI is InChI=1S/C24H24N2O5/c1-14-8-9-18-20(10-14)24(29)26(23(18)28)21-7-5-4-6-19(21)22(27)25-15-11-16(30-2)13-17(12-15)31-3/h4-8,11-13,18,20H,9-10H2,1-3H3,(H,25,27)/t18-,20-/m1/s1. The van der Waals surface area contributed by atoms with Gasteiger partial charge in [0.1, 0.15) is 11.5 Å². The minimum Gasteiger partial charge on any atom is -0.497 e. The first-order valence-corrected chi connectivity index (χ1v) is 10.1. The monoisotopic (exact) mass is 420 g/mol. The zero-order valence-corrected chi connectivity index (χ0v) is 17.7. The van der Waals surface area contributed by atoms with Crippen LogP contribution in [0.15, 0.2) is 54.1 Å². The largest absolute Gasteiger partial charge is 0.497 e. The van der Waals surface area contributed by atoms with Crippen molar-refractivity contribution in [1.82, 2.24) is 0 Å². The second-order valence-electron chi connectivity index (χ2n) is 7.79. The number of benzene rings is 2. The van der Waals surface area contributed by atoms with Crippen LogP contribution in [0.25, 0.3) is 0 Å². The van der Waals surface area contributed by atoms with Gasteiger partial charge in [0, 0.05) is 23.9 Å². The van der Waals surface area contributed by atoms with Gasteiger partial charge < -0.3 is 14.8 Å². The topological polar surface area (TPSA) is 84.9 Å². The van der Waals surface area contributed by atoms with Gasteiger partial charge in [0.2, 0.25) is 11.8 Å². The van der Waals surface area contributed by atoms with Crippen molar-refractivity contribution in [2.75, 3.05) is 24.4 Å². The number of para-hydroxylation sites is 1. The summed E-state index contributed by atoms with van der Waals surface area (Å²) in [6, 6.07) is 11.7. The van der Waals surface area contributed by atoms with Gasteiger partial charge >= 0.3 is 0 Å². The Labute approximate surface area is 180 Å². The maximum atomic E-state index is 13.1. The van der Waals surface area contributed by atoms with Crippen molar-refractivity contribution in [1.29, 1.82) is 0 Å². The normalized spacial score (nSPS) is 20.2. The summed E-state index contributed by atoms with van der Waals surface area (Å²) in [6.07, 6.45) is 3.14. The molecule has 1 aliphatic carbocycles. The van der Waals surface area contributed by atoms with E-state index in [2.05, 4.69) is 5.32 Å². The molecular weight excluding hydrogens is 396 g/mol. The Bertz CT molecular complexity index is 1070. The van der Waals surface area contributed by atoms with E-state index in [1.165, 1.54) is 19.1 Å². The van der Waals surface area contributed by atoms with Crippen molar-refractivity contribution in [2.24, 2.45) is 11.8 Å². The van der Waals surface area contributed by atoms with Gasteiger partial charge in [-0.2, -0.15) is 0 Å². The summed E-state index contributed by atoms with van der Waals surface area (Å²) in [5.41, 5.74) is 2.14. The second-order valence-corrected chi connectivity index (χ2v) is 7.79. The van der Waals surface area contributed by atoms with Gasteiger partial charge in [-0.15, -0.1) is 0 Å². The Balaban J connectivity index is 1.65. The summed E-state index contributed by atoms with van der Waals surface area (Å²) in [7, 11) is 3.05. The predicted octanol–water partition coefficient (Wildman–Crippen LogP) is 3.80. The zero-order valence-electron chi connectivity index (χ0n) is 17.7. The van der Waals surface area contributed by atoms with E-state index >= 15 is 0 Å². The SMILES string of the molecule is COc1cc(NC(=O)c2ccccc2N2C(=O)[C@@H]3CC=C(C)C[C@H]3C2=O)cc(OC)c1. The fourth-order valence-corrected chi connectivity index (χ4v) is 4.21. The number of fused-ring (bicyclic) bond motifs is 1. The lowest BCUT2D eigenvalue weighted by atomic mass is 9.82. The van der Waals surface area contributed by atoms with Crippen LogP contribution in [-0.4, -0.2) is 31.9 Å². The summed E-state index contributed by atoms with van der Waals surface area (Å²) in [5, 5.41) is 2.81. The molecule has 7 nitrogen and oxygen atoms in total. The van der Waals surface area contributed by atoms with Gasteiger partial charge in [0.15, 0.2) is 0 Å². The molecule has 1 fully saturated rings. The van der Waals surface area contributed by atoms with Gasteiger partial charge in [-0.05, 0) is 31.9 Å². The number of rotatable bonds is 5. The van der Waals surface area contributed by atoms with E-state index < -0.39 is 5.91 Å². The number of amides is 3. The molecule has 4 rings (SSSR count). The first-order chi connectivity index (χ1) is 14.9. The van der Waals surface area contributed by atoms with Crippen LogP contribution >= 0.6 is 0 Å². The Hall–Kier alpha value is -3.61. The highest BCUT2D eigenvalue weighted by atomic mass is 16.5. The van der Waals surface area contributed by atoms with Crippen LogP contribution in [0, 0.1) is 11.8 Å². The molecule has 0 saturated carbocycles. The van der Waals surface area contributed by atoms with E-state index in [0.29, 0.717) is 35.7 Å². The lowest BCUT2D eigenvalue weighted by Gasteiger charge is -2.19. The van der Waals surface area contributed by atoms with E-state index in [4.69, 9.17) is 9.47 Å². The third kappa shape index (κ3) is 3.79.